The van der Waals surface area contributed by atoms with E-state index in [1.165, 1.54) is 0 Å². The third-order valence-electron chi connectivity index (χ3n) is 3.36. The van der Waals surface area contributed by atoms with Gasteiger partial charge in [0, 0.05) is 58.3 Å². The summed E-state index contributed by atoms with van der Waals surface area (Å²) in [7, 11) is 0. The molecule has 2 saturated heterocycles. The van der Waals surface area contributed by atoms with E-state index in [-0.39, 0.29) is 5.91 Å². The third-order valence-corrected chi connectivity index (χ3v) is 3.36. The first-order chi connectivity index (χ1) is 7.25. The fourth-order valence-corrected chi connectivity index (χ4v) is 2.15. The minimum atomic E-state index is -0.194. The molecule has 2 aliphatic heterocycles. The number of primary amides is 1. The molecule has 0 aromatic heterocycles. The van der Waals surface area contributed by atoms with Crippen molar-refractivity contribution in [3.8, 4) is 0 Å². The largest absolute Gasteiger partial charge is 0.370 e. The predicted molar refractivity (Wildman–Crippen MR) is 58.5 cm³/mol. The number of carbonyl (C=O) groups excluding carboxylic acids is 1. The Kier molecular flexibility index (Phi) is 3.56. The van der Waals surface area contributed by atoms with Crippen molar-refractivity contribution >= 4 is 5.91 Å². The molecule has 0 unspecified atom stereocenters. The van der Waals surface area contributed by atoms with Crippen molar-refractivity contribution < 1.29 is 4.79 Å². The van der Waals surface area contributed by atoms with Crippen LogP contribution in [0.15, 0.2) is 0 Å². The number of hydrogen-bond donors (Lipinski definition) is 2. The van der Waals surface area contributed by atoms with Crippen LogP contribution in [0.5, 0.6) is 0 Å². The van der Waals surface area contributed by atoms with Crippen LogP contribution in [0.4, 0.5) is 0 Å². The van der Waals surface area contributed by atoms with Crippen LogP contribution in [0, 0.1) is 0 Å². The lowest BCUT2D eigenvalue weighted by Crippen LogP contribution is -2.61. The Hall–Kier alpha value is -0.650. The molecule has 0 radical (unpaired) electrons. The molecule has 1 amide bonds. The van der Waals surface area contributed by atoms with Crippen LogP contribution in [-0.4, -0.2) is 67.6 Å². The highest BCUT2D eigenvalue weighted by molar-refractivity contribution is 5.73. The molecule has 2 aliphatic rings. The SMILES string of the molecule is NC(=O)CCN1CCN(C2CNC2)CC1. The Morgan fingerprint density at radius 3 is 2.40 bits per heavy atom. The maximum Gasteiger partial charge on any atom is 0.218 e. The Labute approximate surface area is 90.6 Å². The molecule has 2 fully saturated rings. The maximum atomic E-state index is 10.6. The smallest absolute Gasteiger partial charge is 0.218 e. The van der Waals surface area contributed by atoms with Gasteiger partial charge in [0.15, 0.2) is 0 Å². The van der Waals surface area contributed by atoms with Crippen molar-refractivity contribution in [3.63, 3.8) is 0 Å². The summed E-state index contributed by atoms with van der Waals surface area (Å²) in [6.45, 7) is 7.51. The fraction of sp³-hybridized carbons (Fsp3) is 0.900. The number of hydrogen-bond acceptors (Lipinski definition) is 4. The molecule has 5 nitrogen and oxygen atoms in total. The van der Waals surface area contributed by atoms with E-state index >= 15 is 0 Å². The Morgan fingerprint density at radius 1 is 1.27 bits per heavy atom. The van der Waals surface area contributed by atoms with Crippen LogP contribution < -0.4 is 11.1 Å². The number of carbonyl (C=O) groups is 1. The summed E-state index contributed by atoms with van der Waals surface area (Å²) in [4.78, 5) is 15.5. The van der Waals surface area contributed by atoms with Gasteiger partial charge in [0.05, 0.1) is 0 Å². The van der Waals surface area contributed by atoms with Gasteiger partial charge in [0.25, 0.3) is 0 Å². The summed E-state index contributed by atoms with van der Waals surface area (Å²) in [6, 6.07) is 0.753. The van der Waals surface area contributed by atoms with Crippen LogP contribution in [0.25, 0.3) is 0 Å². The number of nitrogens with one attached hydrogen (secondary N) is 1. The molecule has 0 aromatic carbocycles. The predicted octanol–water partition coefficient (Wildman–Crippen LogP) is -1.55. The fourth-order valence-electron chi connectivity index (χ4n) is 2.15. The summed E-state index contributed by atoms with van der Waals surface area (Å²) in [5.74, 6) is -0.194. The minimum Gasteiger partial charge on any atom is -0.370 e. The van der Waals surface area contributed by atoms with Gasteiger partial charge in [-0.15, -0.1) is 0 Å². The summed E-state index contributed by atoms with van der Waals surface area (Å²) >= 11 is 0. The van der Waals surface area contributed by atoms with E-state index in [4.69, 9.17) is 5.73 Å². The molecule has 15 heavy (non-hydrogen) atoms. The van der Waals surface area contributed by atoms with Crippen molar-refractivity contribution in [1.29, 1.82) is 0 Å². The monoisotopic (exact) mass is 212 g/mol. The molecule has 0 aliphatic carbocycles. The normalized spacial score (nSPS) is 25.1. The lowest BCUT2D eigenvalue weighted by atomic mass is 10.1. The summed E-state index contributed by atoms with van der Waals surface area (Å²) < 4.78 is 0. The first kappa shape index (κ1) is 10.9. The van der Waals surface area contributed by atoms with E-state index in [1.54, 1.807) is 0 Å². The second-order valence-corrected chi connectivity index (χ2v) is 4.41. The van der Waals surface area contributed by atoms with Gasteiger partial charge in [-0.25, -0.2) is 0 Å². The zero-order valence-electron chi connectivity index (χ0n) is 9.11. The Bertz CT molecular complexity index is 221. The molecule has 5 heteroatoms. The van der Waals surface area contributed by atoms with E-state index in [0.717, 1.165) is 51.9 Å². The van der Waals surface area contributed by atoms with Gasteiger partial charge in [-0.3, -0.25) is 9.69 Å². The van der Waals surface area contributed by atoms with Gasteiger partial charge in [0.1, 0.15) is 0 Å². The second-order valence-electron chi connectivity index (χ2n) is 4.41. The van der Waals surface area contributed by atoms with Crippen LogP contribution in [-0.2, 0) is 4.79 Å². The molecular weight excluding hydrogens is 192 g/mol. The van der Waals surface area contributed by atoms with E-state index in [2.05, 4.69) is 15.1 Å². The van der Waals surface area contributed by atoms with Crippen molar-refractivity contribution in [2.24, 2.45) is 5.73 Å². The van der Waals surface area contributed by atoms with Crippen molar-refractivity contribution in [1.82, 2.24) is 15.1 Å². The highest BCUT2D eigenvalue weighted by Gasteiger charge is 2.27. The quantitative estimate of drug-likeness (QED) is 0.592. The molecule has 2 rings (SSSR count). The van der Waals surface area contributed by atoms with Crippen molar-refractivity contribution in [3.05, 3.63) is 0 Å². The molecule has 0 atom stereocenters. The minimum absolute atomic E-state index is 0.194. The highest BCUT2D eigenvalue weighted by atomic mass is 16.1. The van der Waals surface area contributed by atoms with Crippen molar-refractivity contribution in [2.45, 2.75) is 12.5 Å². The van der Waals surface area contributed by atoms with Gasteiger partial charge in [-0.05, 0) is 0 Å². The molecule has 0 aromatic rings. The zero-order valence-corrected chi connectivity index (χ0v) is 9.11. The number of rotatable bonds is 4. The van der Waals surface area contributed by atoms with Gasteiger partial charge >= 0.3 is 0 Å². The zero-order chi connectivity index (χ0) is 10.7. The molecule has 3 N–H and O–H groups in total. The topological polar surface area (TPSA) is 61.6 Å². The van der Waals surface area contributed by atoms with Gasteiger partial charge in [-0.1, -0.05) is 0 Å². The highest BCUT2D eigenvalue weighted by Crippen LogP contribution is 2.09. The van der Waals surface area contributed by atoms with Crippen LogP contribution in [0.2, 0.25) is 0 Å². The van der Waals surface area contributed by atoms with E-state index in [9.17, 15) is 4.79 Å². The van der Waals surface area contributed by atoms with Crippen LogP contribution in [0.1, 0.15) is 6.42 Å². The molecular formula is C10H20N4O. The molecule has 86 valence electrons. The van der Waals surface area contributed by atoms with Gasteiger partial charge < -0.3 is 16.0 Å². The summed E-state index contributed by atoms with van der Waals surface area (Å²) in [5.41, 5.74) is 5.13. The number of nitrogens with zero attached hydrogens (tertiary/aromatic N) is 2. The third kappa shape index (κ3) is 2.90. The Morgan fingerprint density at radius 2 is 1.93 bits per heavy atom. The van der Waals surface area contributed by atoms with Gasteiger partial charge in [-0.2, -0.15) is 0 Å². The molecule has 0 bridgehead atoms. The standard InChI is InChI=1S/C10H20N4O/c11-10(15)1-2-13-3-5-14(6-4-13)9-7-12-8-9/h9,12H,1-8H2,(H2,11,15). The summed E-state index contributed by atoms with van der Waals surface area (Å²) in [6.07, 6.45) is 0.491. The second kappa shape index (κ2) is 4.92. The summed E-state index contributed by atoms with van der Waals surface area (Å²) in [5, 5.41) is 3.29. The van der Waals surface area contributed by atoms with E-state index in [0.29, 0.717) is 6.42 Å². The average Bonchev–Trinajstić information content (AvgIpc) is 2.14. The van der Waals surface area contributed by atoms with E-state index < -0.39 is 0 Å². The average molecular weight is 212 g/mol. The molecule has 2 heterocycles. The molecule has 0 spiro atoms. The lowest BCUT2D eigenvalue weighted by molar-refractivity contribution is -0.118. The lowest BCUT2D eigenvalue weighted by Gasteiger charge is -2.43. The van der Waals surface area contributed by atoms with Crippen LogP contribution >= 0.6 is 0 Å². The maximum absolute atomic E-state index is 10.6. The van der Waals surface area contributed by atoms with Crippen LogP contribution in [0.3, 0.4) is 0 Å². The van der Waals surface area contributed by atoms with Crippen molar-refractivity contribution in [2.75, 3.05) is 45.8 Å². The molecule has 0 saturated carbocycles. The number of amides is 1. The Balaban J connectivity index is 1.65. The first-order valence-electron chi connectivity index (χ1n) is 5.71. The van der Waals surface area contributed by atoms with E-state index in [1.807, 2.05) is 0 Å². The van der Waals surface area contributed by atoms with Gasteiger partial charge in [0.2, 0.25) is 5.91 Å². The first-order valence-corrected chi connectivity index (χ1v) is 5.71. The number of piperazine rings is 1. The number of nitrogens with two attached hydrogens (primary N) is 1.